The van der Waals surface area contributed by atoms with Gasteiger partial charge in [0.2, 0.25) is 0 Å². The summed E-state index contributed by atoms with van der Waals surface area (Å²) in [5.41, 5.74) is 0. The molecule has 1 unspecified atom stereocenters. The van der Waals surface area contributed by atoms with Gasteiger partial charge in [0, 0.05) is 19.3 Å². The fraction of sp³-hybridized carbons (Fsp3) is 0.827. The van der Waals surface area contributed by atoms with Crippen LogP contribution in [0, 0.1) is 0 Å². The number of esters is 3. The van der Waals surface area contributed by atoms with Crippen LogP contribution in [0.4, 0.5) is 0 Å². The number of hydrogen-bond acceptors (Lipinski definition) is 6. The number of carbonyl (C=O) groups is 3. The minimum atomic E-state index is -0.783. The molecule has 0 aromatic rings. The maximum atomic E-state index is 13.0. The summed E-state index contributed by atoms with van der Waals surface area (Å²) in [7, 11) is 0. The van der Waals surface area contributed by atoms with E-state index < -0.39 is 6.10 Å². The number of carbonyl (C=O) groups excluding carboxylic acids is 3. The molecule has 0 saturated heterocycles. The molecule has 0 aromatic carbocycles. The van der Waals surface area contributed by atoms with Gasteiger partial charge in [-0.2, -0.15) is 0 Å². The summed E-state index contributed by atoms with van der Waals surface area (Å²) in [6, 6.07) is 0. The molecule has 0 saturated carbocycles. The third kappa shape index (κ3) is 67.8. The standard InChI is InChI=1S/C75H136O6/c1-4-7-10-13-16-19-22-25-28-31-34-37-40-43-46-49-52-55-58-61-64-67-73(76)79-70-72(81-75(78)69-66-63-60-57-54-51-48-45-42-39-36-33-30-27-24-21-18-15-12-9-6-3)71-80-74(77)68-65-62-59-56-53-50-47-44-41-38-35-32-29-26-23-20-17-14-11-8-5-2/h22,24-25,27,31,33-34,36,40,43,72H,4-21,23,26,28-30,32,35,37-39,41-42,44-71H2,1-3H3/b25-22-,27-24-,34-31-,36-33-,43-40-. The fourth-order valence-electron chi connectivity index (χ4n) is 10.6. The summed E-state index contributed by atoms with van der Waals surface area (Å²) in [6.07, 6.45) is 89.5. The number of rotatable bonds is 66. The monoisotopic (exact) mass is 1130 g/mol. The van der Waals surface area contributed by atoms with Crippen LogP contribution in [0.25, 0.3) is 0 Å². The second-order valence-electron chi connectivity index (χ2n) is 24.1. The summed E-state index contributed by atoms with van der Waals surface area (Å²) in [5, 5.41) is 0. The predicted octanol–water partition coefficient (Wildman–Crippen LogP) is 24.7. The molecule has 0 aliphatic heterocycles. The van der Waals surface area contributed by atoms with Crippen LogP contribution < -0.4 is 0 Å². The van der Waals surface area contributed by atoms with E-state index in [9.17, 15) is 14.4 Å². The summed E-state index contributed by atoms with van der Waals surface area (Å²) in [5.74, 6) is -0.868. The van der Waals surface area contributed by atoms with Crippen LogP contribution in [0.15, 0.2) is 60.8 Å². The second-order valence-corrected chi connectivity index (χ2v) is 24.1. The van der Waals surface area contributed by atoms with E-state index in [0.717, 1.165) is 83.5 Å². The first-order chi connectivity index (χ1) is 40.0. The Bertz CT molecular complexity index is 1440. The molecular weight excluding hydrogens is 997 g/mol. The molecule has 0 heterocycles. The molecule has 0 radical (unpaired) electrons. The number of ether oxygens (including phenoxy) is 3. The summed E-state index contributed by atoms with van der Waals surface area (Å²) in [4.78, 5) is 38.5. The van der Waals surface area contributed by atoms with Gasteiger partial charge < -0.3 is 14.2 Å². The van der Waals surface area contributed by atoms with E-state index in [1.54, 1.807) is 0 Å². The van der Waals surface area contributed by atoms with E-state index in [4.69, 9.17) is 14.2 Å². The minimum Gasteiger partial charge on any atom is -0.462 e. The zero-order valence-corrected chi connectivity index (χ0v) is 54.3. The SMILES string of the molecule is CCCCCCC/C=C\C/C=C\C/C=C\CCCCCCCCC(=O)OCC(COC(=O)CCCCCCCCCCCCCCCCCCCCCCC)OC(=O)CCCCCCCCCCC/C=C\C/C=C\CCCCCCC. The molecule has 1 atom stereocenters. The Balaban J connectivity index is 4.37. The molecule has 0 spiro atoms. The van der Waals surface area contributed by atoms with Crippen molar-refractivity contribution in [1.82, 2.24) is 0 Å². The lowest BCUT2D eigenvalue weighted by molar-refractivity contribution is -0.167. The normalized spacial score (nSPS) is 12.4. The topological polar surface area (TPSA) is 78.9 Å². The highest BCUT2D eigenvalue weighted by Gasteiger charge is 2.19. The Morgan fingerprint density at radius 1 is 0.247 bits per heavy atom. The van der Waals surface area contributed by atoms with Gasteiger partial charge >= 0.3 is 17.9 Å². The van der Waals surface area contributed by atoms with E-state index in [-0.39, 0.29) is 31.1 Å². The van der Waals surface area contributed by atoms with E-state index in [1.165, 1.54) is 257 Å². The van der Waals surface area contributed by atoms with Crippen molar-refractivity contribution in [1.29, 1.82) is 0 Å². The fourth-order valence-corrected chi connectivity index (χ4v) is 10.6. The Morgan fingerprint density at radius 2 is 0.444 bits per heavy atom. The molecular formula is C75H136O6. The minimum absolute atomic E-state index is 0.0765. The third-order valence-corrected chi connectivity index (χ3v) is 16.0. The third-order valence-electron chi connectivity index (χ3n) is 16.0. The van der Waals surface area contributed by atoms with Crippen molar-refractivity contribution in [3.8, 4) is 0 Å². The Hall–Kier alpha value is -2.89. The molecule has 0 aliphatic rings. The molecule has 6 heteroatoms. The molecule has 0 rings (SSSR count). The first-order valence-electron chi connectivity index (χ1n) is 35.8. The highest BCUT2D eigenvalue weighted by molar-refractivity contribution is 5.71. The van der Waals surface area contributed by atoms with Crippen molar-refractivity contribution in [2.24, 2.45) is 0 Å². The Morgan fingerprint density at radius 3 is 0.691 bits per heavy atom. The largest absolute Gasteiger partial charge is 0.462 e. The molecule has 81 heavy (non-hydrogen) atoms. The molecule has 0 amide bonds. The average molecular weight is 1130 g/mol. The van der Waals surface area contributed by atoms with Gasteiger partial charge in [-0.1, -0.05) is 332 Å². The summed E-state index contributed by atoms with van der Waals surface area (Å²) < 4.78 is 17.0. The van der Waals surface area contributed by atoms with E-state index >= 15 is 0 Å². The quantitative estimate of drug-likeness (QED) is 0.0261. The van der Waals surface area contributed by atoms with Crippen molar-refractivity contribution >= 4 is 17.9 Å². The molecule has 0 N–H and O–H groups in total. The van der Waals surface area contributed by atoms with Crippen LogP contribution >= 0.6 is 0 Å². The second kappa shape index (κ2) is 69.6. The Kier molecular flexibility index (Phi) is 67.1. The number of allylic oxidation sites excluding steroid dienone is 10. The van der Waals surface area contributed by atoms with E-state index in [0.29, 0.717) is 19.3 Å². The predicted molar refractivity (Wildman–Crippen MR) is 353 cm³/mol. The summed E-state index contributed by atoms with van der Waals surface area (Å²) >= 11 is 0. The first kappa shape index (κ1) is 78.1. The highest BCUT2D eigenvalue weighted by Crippen LogP contribution is 2.18. The van der Waals surface area contributed by atoms with Gasteiger partial charge in [0.1, 0.15) is 13.2 Å². The highest BCUT2D eigenvalue weighted by atomic mass is 16.6. The van der Waals surface area contributed by atoms with Crippen molar-refractivity contribution < 1.29 is 28.6 Å². The van der Waals surface area contributed by atoms with Crippen molar-refractivity contribution in [2.75, 3.05) is 13.2 Å². The van der Waals surface area contributed by atoms with Gasteiger partial charge in [-0.05, 0) is 89.9 Å². The molecule has 0 bridgehead atoms. The summed E-state index contributed by atoms with van der Waals surface area (Å²) in [6.45, 7) is 6.67. The number of unbranched alkanes of at least 4 members (excludes halogenated alkanes) is 45. The zero-order valence-electron chi connectivity index (χ0n) is 54.3. The van der Waals surface area contributed by atoms with Crippen LogP contribution in [0.3, 0.4) is 0 Å². The lowest BCUT2D eigenvalue weighted by Crippen LogP contribution is -2.30. The van der Waals surface area contributed by atoms with E-state index in [2.05, 4.69) is 81.5 Å². The van der Waals surface area contributed by atoms with Gasteiger partial charge in [-0.15, -0.1) is 0 Å². The van der Waals surface area contributed by atoms with Crippen molar-refractivity contribution in [2.45, 2.75) is 386 Å². The van der Waals surface area contributed by atoms with Gasteiger partial charge in [-0.25, -0.2) is 0 Å². The van der Waals surface area contributed by atoms with Crippen molar-refractivity contribution in [3.05, 3.63) is 60.8 Å². The molecule has 472 valence electrons. The van der Waals surface area contributed by atoms with Crippen LogP contribution in [-0.4, -0.2) is 37.2 Å². The smallest absolute Gasteiger partial charge is 0.306 e. The van der Waals surface area contributed by atoms with Crippen LogP contribution in [0.1, 0.15) is 380 Å². The molecule has 0 aliphatic carbocycles. The molecule has 0 fully saturated rings. The number of hydrogen-bond donors (Lipinski definition) is 0. The van der Waals surface area contributed by atoms with Gasteiger partial charge in [0.15, 0.2) is 6.10 Å². The van der Waals surface area contributed by atoms with Crippen molar-refractivity contribution in [3.63, 3.8) is 0 Å². The van der Waals surface area contributed by atoms with Gasteiger partial charge in [-0.3, -0.25) is 14.4 Å². The van der Waals surface area contributed by atoms with Crippen LogP contribution in [0.5, 0.6) is 0 Å². The van der Waals surface area contributed by atoms with Gasteiger partial charge in [0.05, 0.1) is 0 Å². The van der Waals surface area contributed by atoms with E-state index in [1.807, 2.05) is 0 Å². The lowest BCUT2D eigenvalue weighted by Gasteiger charge is -2.18. The zero-order chi connectivity index (χ0) is 58.5. The molecule has 0 aromatic heterocycles. The van der Waals surface area contributed by atoms with Gasteiger partial charge in [0.25, 0.3) is 0 Å². The molecule has 6 nitrogen and oxygen atoms in total. The lowest BCUT2D eigenvalue weighted by atomic mass is 10.0. The first-order valence-corrected chi connectivity index (χ1v) is 35.8. The van der Waals surface area contributed by atoms with Crippen LogP contribution in [-0.2, 0) is 28.6 Å². The Labute approximate surface area is 504 Å². The van der Waals surface area contributed by atoms with Crippen LogP contribution in [0.2, 0.25) is 0 Å². The average Bonchev–Trinajstić information content (AvgIpc) is 3.47. The maximum absolute atomic E-state index is 13.0. The maximum Gasteiger partial charge on any atom is 0.306 e.